The zero-order valence-corrected chi connectivity index (χ0v) is 12.6. The first kappa shape index (κ1) is 14.1. The van der Waals surface area contributed by atoms with E-state index in [-0.39, 0.29) is 5.91 Å². The second-order valence-corrected chi connectivity index (χ2v) is 6.47. The lowest BCUT2D eigenvalue weighted by Crippen LogP contribution is -2.12. The molecule has 0 aliphatic carbocycles. The van der Waals surface area contributed by atoms with Gasteiger partial charge in [0.05, 0.1) is 0 Å². The molecular weight excluding hydrogens is 276 g/mol. The molecule has 1 N–H and O–H groups in total. The first-order valence-corrected chi connectivity index (χ1v) is 7.91. The number of thioether (sulfide) groups is 1. The quantitative estimate of drug-likeness (QED) is 0.850. The highest BCUT2D eigenvalue weighted by atomic mass is 32.2. The molecule has 0 aliphatic rings. The zero-order chi connectivity index (χ0) is 13.7. The van der Waals surface area contributed by atoms with Gasteiger partial charge in [0.25, 0.3) is 0 Å². The number of benzene rings is 1. The molecule has 100 valence electrons. The van der Waals surface area contributed by atoms with Gasteiger partial charge in [-0.3, -0.25) is 4.79 Å². The van der Waals surface area contributed by atoms with E-state index in [2.05, 4.69) is 10.3 Å². The number of amides is 1. The third-order valence-electron chi connectivity index (χ3n) is 2.49. The summed E-state index contributed by atoms with van der Waals surface area (Å²) in [5, 5.41) is 4.91. The molecule has 1 aromatic heterocycles. The van der Waals surface area contributed by atoms with E-state index in [1.807, 2.05) is 43.5 Å². The summed E-state index contributed by atoms with van der Waals surface area (Å²) in [6, 6.07) is 7.82. The number of nitrogens with one attached hydrogen (secondary N) is 1. The molecule has 2 aromatic rings. The van der Waals surface area contributed by atoms with Crippen molar-refractivity contribution in [3.8, 4) is 0 Å². The van der Waals surface area contributed by atoms with Crippen molar-refractivity contribution in [3.05, 3.63) is 40.9 Å². The lowest BCUT2D eigenvalue weighted by atomic mass is 10.2. The van der Waals surface area contributed by atoms with E-state index in [1.165, 1.54) is 5.56 Å². The van der Waals surface area contributed by atoms with Gasteiger partial charge in [-0.25, -0.2) is 4.98 Å². The van der Waals surface area contributed by atoms with Crippen molar-refractivity contribution in [2.45, 2.75) is 24.6 Å². The maximum absolute atomic E-state index is 11.8. The Hall–Kier alpha value is -1.33. The van der Waals surface area contributed by atoms with Crippen LogP contribution in [0, 0.1) is 13.8 Å². The fraction of sp³-hybridized carbons (Fsp3) is 0.286. The summed E-state index contributed by atoms with van der Waals surface area (Å²) in [4.78, 5) is 16.1. The van der Waals surface area contributed by atoms with Crippen molar-refractivity contribution in [1.29, 1.82) is 0 Å². The zero-order valence-electron chi connectivity index (χ0n) is 11.0. The lowest BCUT2D eigenvalue weighted by Gasteiger charge is -2.04. The Bertz CT molecular complexity index is 549. The number of carbonyl (C=O) groups excluding carboxylic acids is 1. The Morgan fingerprint density at radius 3 is 2.68 bits per heavy atom. The van der Waals surface area contributed by atoms with Gasteiger partial charge in [0, 0.05) is 28.9 Å². The molecule has 19 heavy (non-hydrogen) atoms. The maximum atomic E-state index is 11.8. The van der Waals surface area contributed by atoms with Crippen molar-refractivity contribution in [2.24, 2.45) is 0 Å². The Labute approximate surface area is 121 Å². The van der Waals surface area contributed by atoms with E-state index < -0.39 is 0 Å². The van der Waals surface area contributed by atoms with Gasteiger partial charge in [0.2, 0.25) is 5.91 Å². The third kappa shape index (κ3) is 4.69. The Balaban J connectivity index is 1.74. The van der Waals surface area contributed by atoms with Gasteiger partial charge in [0.1, 0.15) is 4.34 Å². The number of aromatic nitrogens is 1. The summed E-state index contributed by atoms with van der Waals surface area (Å²) in [5.41, 5.74) is 3.08. The highest BCUT2D eigenvalue weighted by molar-refractivity contribution is 8.01. The van der Waals surface area contributed by atoms with Gasteiger partial charge in [-0.2, -0.15) is 0 Å². The monoisotopic (exact) mass is 292 g/mol. The Morgan fingerprint density at radius 1 is 1.32 bits per heavy atom. The molecule has 0 saturated carbocycles. The minimum absolute atomic E-state index is 0.0460. The number of aryl methyl sites for hydroxylation is 2. The van der Waals surface area contributed by atoms with Crippen molar-refractivity contribution < 1.29 is 4.79 Å². The van der Waals surface area contributed by atoms with Crippen LogP contribution >= 0.6 is 23.1 Å². The second kappa shape index (κ2) is 6.73. The summed E-state index contributed by atoms with van der Waals surface area (Å²) < 4.78 is 1.03. The van der Waals surface area contributed by atoms with Gasteiger partial charge < -0.3 is 5.32 Å². The van der Waals surface area contributed by atoms with Crippen molar-refractivity contribution in [2.75, 3.05) is 11.1 Å². The number of nitrogens with zero attached hydrogens (tertiary/aromatic N) is 1. The minimum atomic E-state index is 0.0460. The number of hydrogen-bond donors (Lipinski definition) is 1. The van der Waals surface area contributed by atoms with Crippen LogP contribution in [0.3, 0.4) is 0 Å². The van der Waals surface area contributed by atoms with Crippen LogP contribution in [0.5, 0.6) is 0 Å². The molecule has 0 aliphatic heterocycles. The minimum Gasteiger partial charge on any atom is -0.326 e. The van der Waals surface area contributed by atoms with Crippen LogP contribution in [0.2, 0.25) is 0 Å². The number of anilines is 1. The normalized spacial score (nSPS) is 10.4. The molecule has 0 fully saturated rings. The molecule has 2 rings (SSSR count). The summed E-state index contributed by atoms with van der Waals surface area (Å²) >= 11 is 3.26. The van der Waals surface area contributed by atoms with Crippen LogP contribution in [0.25, 0.3) is 0 Å². The van der Waals surface area contributed by atoms with Crippen molar-refractivity contribution in [1.82, 2.24) is 4.98 Å². The number of rotatable bonds is 5. The van der Waals surface area contributed by atoms with Crippen molar-refractivity contribution >= 4 is 34.7 Å². The Kier molecular flexibility index (Phi) is 4.99. The van der Waals surface area contributed by atoms with E-state index in [0.29, 0.717) is 6.42 Å². The average molecular weight is 292 g/mol. The van der Waals surface area contributed by atoms with E-state index in [0.717, 1.165) is 21.5 Å². The van der Waals surface area contributed by atoms with Crippen LogP contribution < -0.4 is 5.32 Å². The molecule has 5 heteroatoms. The van der Waals surface area contributed by atoms with Gasteiger partial charge in [-0.05, 0) is 26.0 Å². The molecule has 0 spiro atoms. The standard InChI is InChI=1S/C14H16N2OS2/c1-10-3-5-12(6-4-10)16-13(17)7-8-18-14-15-11(2)9-19-14/h3-6,9H,7-8H2,1-2H3,(H,16,17). The first-order valence-electron chi connectivity index (χ1n) is 6.05. The molecule has 0 saturated heterocycles. The van der Waals surface area contributed by atoms with Crippen LogP contribution in [0.1, 0.15) is 17.7 Å². The molecule has 0 atom stereocenters. The van der Waals surface area contributed by atoms with Gasteiger partial charge >= 0.3 is 0 Å². The smallest absolute Gasteiger partial charge is 0.225 e. The molecular formula is C14H16N2OS2. The fourth-order valence-electron chi connectivity index (χ4n) is 1.49. The summed E-state index contributed by atoms with van der Waals surface area (Å²) in [7, 11) is 0. The van der Waals surface area contributed by atoms with Crippen LogP contribution in [0.15, 0.2) is 34.0 Å². The largest absolute Gasteiger partial charge is 0.326 e. The average Bonchev–Trinajstić information content (AvgIpc) is 2.78. The highest BCUT2D eigenvalue weighted by Gasteiger charge is 2.04. The molecule has 0 bridgehead atoms. The topological polar surface area (TPSA) is 42.0 Å². The van der Waals surface area contributed by atoms with Crippen molar-refractivity contribution in [3.63, 3.8) is 0 Å². The predicted molar refractivity (Wildman–Crippen MR) is 82.0 cm³/mol. The first-order chi connectivity index (χ1) is 9.13. The van der Waals surface area contributed by atoms with Crippen LogP contribution in [-0.2, 0) is 4.79 Å². The van der Waals surface area contributed by atoms with Gasteiger partial charge in [0.15, 0.2) is 0 Å². The summed E-state index contributed by atoms with van der Waals surface area (Å²) in [6.07, 6.45) is 0.497. The van der Waals surface area contributed by atoms with E-state index in [4.69, 9.17) is 0 Å². The van der Waals surface area contributed by atoms with Crippen LogP contribution in [-0.4, -0.2) is 16.6 Å². The predicted octanol–water partition coefficient (Wildman–Crippen LogP) is 3.88. The highest BCUT2D eigenvalue weighted by Crippen LogP contribution is 2.22. The number of carbonyl (C=O) groups is 1. The molecule has 0 unspecified atom stereocenters. The number of hydrogen-bond acceptors (Lipinski definition) is 4. The Morgan fingerprint density at radius 2 is 2.05 bits per heavy atom. The van der Waals surface area contributed by atoms with Gasteiger partial charge in [-0.15, -0.1) is 11.3 Å². The number of thiazole rings is 1. The molecule has 1 amide bonds. The third-order valence-corrected chi connectivity index (χ3v) is 4.63. The van der Waals surface area contributed by atoms with E-state index in [9.17, 15) is 4.79 Å². The molecule has 1 aromatic carbocycles. The molecule has 3 nitrogen and oxygen atoms in total. The molecule has 1 heterocycles. The summed E-state index contributed by atoms with van der Waals surface area (Å²) in [5.74, 6) is 0.801. The maximum Gasteiger partial charge on any atom is 0.225 e. The molecule has 0 radical (unpaired) electrons. The SMILES string of the molecule is Cc1ccc(NC(=O)CCSc2nc(C)cs2)cc1. The van der Waals surface area contributed by atoms with E-state index >= 15 is 0 Å². The lowest BCUT2D eigenvalue weighted by molar-refractivity contribution is -0.115. The second-order valence-electron chi connectivity index (χ2n) is 4.27. The van der Waals surface area contributed by atoms with E-state index in [1.54, 1.807) is 23.1 Å². The summed E-state index contributed by atoms with van der Waals surface area (Å²) in [6.45, 7) is 4.00. The fourth-order valence-corrected chi connectivity index (χ4v) is 3.35. The van der Waals surface area contributed by atoms with Gasteiger partial charge in [-0.1, -0.05) is 29.5 Å². The van der Waals surface area contributed by atoms with Crippen LogP contribution in [0.4, 0.5) is 5.69 Å².